The van der Waals surface area contributed by atoms with Crippen molar-refractivity contribution < 1.29 is 9.53 Å². The van der Waals surface area contributed by atoms with Gasteiger partial charge >= 0.3 is 0 Å². The van der Waals surface area contributed by atoms with Crippen LogP contribution in [0.15, 0.2) is 12.1 Å². The van der Waals surface area contributed by atoms with Gasteiger partial charge < -0.3 is 15.5 Å². The minimum atomic E-state index is -0.139. The van der Waals surface area contributed by atoms with E-state index in [2.05, 4.69) is 15.7 Å². The first kappa shape index (κ1) is 14.4. The number of nitrogens with zero attached hydrogens (tertiary/aromatic N) is 1. The predicted molar refractivity (Wildman–Crippen MR) is 70.2 cm³/mol. The largest absolute Gasteiger partial charge is 0.384 e. The van der Waals surface area contributed by atoms with Crippen molar-refractivity contribution in [2.24, 2.45) is 11.8 Å². The molecule has 1 unspecified atom stereocenters. The molecule has 4 N–H and O–H groups in total. The summed E-state index contributed by atoms with van der Waals surface area (Å²) in [5.74, 6) is 5.90. The zero-order valence-electron chi connectivity index (χ0n) is 11.0. The zero-order valence-corrected chi connectivity index (χ0v) is 11.0. The molecule has 0 saturated heterocycles. The SMILES string of the molecule is COCC(C)CNC(=O)c1cc(C)nc(NN)c1. The molecule has 0 radical (unpaired) electrons. The smallest absolute Gasteiger partial charge is 0.251 e. The second-order valence-electron chi connectivity index (χ2n) is 4.30. The molecular weight excluding hydrogens is 232 g/mol. The fourth-order valence-corrected chi connectivity index (χ4v) is 1.59. The zero-order chi connectivity index (χ0) is 13.5. The molecular formula is C12H20N4O2. The Morgan fingerprint density at radius 1 is 1.56 bits per heavy atom. The molecule has 0 bridgehead atoms. The van der Waals surface area contributed by atoms with Gasteiger partial charge in [0.15, 0.2) is 0 Å². The van der Waals surface area contributed by atoms with Crippen molar-refractivity contribution in [1.82, 2.24) is 10.3 Å². The van der Waals surface area contributed by atoms with E-state index in [0.29, 0.717) is 24.5 Å². The molecule has 0 aliphatic rings. The van der Waals surface area contributed by atoms with E-state index >= 15 is 0 Å². The lowest BCUT2D eigenvalue weighted by Gasteiger charge is -2.12. The van der Waals surface area contributed by atoms with E-state index in [0.717, 1.165) is 5.69 Å². The van der Waals surface area contributed by atoms with E-state index in [1.54, 1.807) is 19.2 Å². The van der Waals surface area contributed by atoms with Gasteiger partial charge in [-0.3, -0.25) is 4.79 Å². The van der Waals surface area contributed by atoms with Gasteiger partial charge in [0.25, 0.3) is 5.91 Å². The molecule has 0 aliphatic heterocycles. The highest BCUT2D eigenvalue weighted by Crippen LogP contribution is 2.09. The summed E-state index contributed by atoms with van der Waals surface area (Å²) < 4.78 is 5.01. The Hall–Kier alpha value is -1.66. The van der Waals surface area contributed by atoms with Gasteiger partial charge in [-0.05, 0) is 25.0 Å². The summed E-state index contributed by atoms with van der Waals surface area (Å²) in [4.78, 5) is 16.0. The van der Waals surface area contributed by atoms with Crippen LogP contribution in [0.25, 0.3) is 0 Å². The van der Waals surface area contributed by atoms with Gasteiger partial charge in [-0.25, -0.2) is 10.8 Å². The summed E-state index contributed by atoms with van der Waals surface area (Å²) in [6.45, 7) is 5.00. The number of nitrogens with two attached hydrogens (primary N) is 1. The fourth-order valence-electron chi connectivity index (χ4n) is 1.59. The highest BCUT2D eigenvalue weighted by atomic mass is 16.5. The van der Waals surface area contributed by atoms with Crippen LogP contribution in [-0.2, 0) is 4.74 Å². The van der Waals surface area contributed by atoms with Gasteiger partial charge in [-0.15, -0.1) is 0 Å². The minimum absolute atomic E-state index is 0.139. The summed E-state index contributed by atoms with van der Waals surface area (Å²) in [5, 5.41) is 2.85. The van der Waals surface area contributed by atoms with Gasteiger partial charge in [0.1, 0.15) is 5.82 Å². The Morgan fingerprint density at radius 2 is 2.28 bits per heavy atom. The first-order chi connectivity index (χ1) is 8.56. The van der Waals surface area contributed by atoms with Crippen LogP contribution in [0.5, 0.6) is 0 Å². The molecule has 18 heavy (non-hydrogen) atoms. The third kappa shape index (κ3) is 4.31. The second kappa shape index (κ2) is 6.93. The van der Waals surface area contributed by atoms with Crippen molar-refractivity contribution in [2.75, 3.05) is 25.7 Å². The monoisotopic (exact) mass is 252 g/mol. The maximum atomic E-state index is 11.9. The number of hydrogen-bond donors (Lipinski definition) is 3. The molecule has 0 aliphatic carbocycles. The Balaban J connectivity index is 2.63. The minimum Gasteiger partial charge on any atom is -0.384 e. The number of pyridine rings is 1. The normalized spacial score (nSPS) is 12.0. The first-order valence-corrected chi connectivity index (χ1v) is 5.79. The van der Waals surface area contributed by atoms with Crippen molar-refractivity contribution in [2.45, 2.75) is 13.8 Å². The van der Waals surface area contributed by atoms with Gasteiger partial charge in [0.2, 0.25) is 0 Å². The maximum Gasteiger partial charge on any atom is 0.251 e. The number of hydrazine groups is 1. The van der Waals surface area contributed by atoms with Gasteiger partial charge in [-0.1, -0.05) is 6.92 Å². The lowest BCUT2D eigenvalue weighted by atomic mass is 10.1. The van der Waals surface area contributed by atoms with Crippen molar-refractivity contribution in [3.63, 3.8) is 0 Å². The number of amides is 1. The van der Waals surface area contributed by atoms with Crippen LogP contribution in [0, 0.1) is 12.8 Å². The Morgan fingerprint density at radius 3 is 2.89 bits per heavy atom. The number of methoxy groups -OCH3 is 1. The molecule has 0 saturated carbocycles. The summed E-state index contributed by atoms with van der Waals surface area (Å²) in [6, 6.07) is 3.33. The average Bonchev–Trinajstić information content (AvgIpc) is 2.35. The van der Waals surface area contributed by atoms with Crippen molar-refractivity contribution in [3.05, 3.63) is 23.4 Å². The lowest BCUT2D eigenvalue weighted by Crippen LogP contribution is -2.30. The number of nitrogens with one attached hydrogen (secondary N) is 2. The van der Waals surface area contributed by atoms with Gasteiger partial charge in [-0.2, -0.15) is 0 Å². The predicted octanol–water partition coefficient (Wildman–Crippen LogP) is 0.688. The topological polar surface area (TPSA) is 89.3 Å². The van der Waals surface area contributed by atoms with E-state index in [-0.39, 0.29) is 11.8 Å². The summed E-state index contributed by atoms with van der Waals surface area (Å²) >= 11 is 0. The number of anilines is 1. The van der Waals surface area contributed by atoms with Gasteiger partial charge in [0.05, 0.1) is 6.61 Å². The molecule has 1 heterocycles. The third-order valence-electron chi connectivity index (χ3n) is 2.43. The molecule has 1 atom stereocenters. The van der Waals surface area contributed by atoms with E-state index < -0.39 is 0 Å². The summed E-state index contributed by atoms with van der Waals surface area (Å²) in [7, 11) is 1.64. The van der Waals surface area contributed by atoms with Crippen LogP contribution in [0.3, 0.4) is 0 Å². The third-order valence-corrected chi connectivity index (χ3v) is 2.43. The number of ether oxygens (including phenoxy) is 1. The number of rotatable bonds is 6. The van der Waals surface area contributed by atoms with Crippen LogP contribution in [0.4, 0.5) is 5.82 Å². The first-order valence-electron chi connectivity index (χ1n) is 5.79. The molecule has 1 aromatic heterocycles. The molecule has 1 amide bonds. The van der Waals surface area contributed by atoms with Crippen LogP contribution < -0.4 is 16.6 Å². The molecule has 6 heteroatoms. The fraction of sp³-hybridized carbons (Fsp3) is 0.500. The van der Waals surface area contributed by atoms with Crippen LogP contribution in [0.2, 0.25) is 0 Å². The maximum absolute atomic E-state index is 11.9. The average molecular weight is 252 g/mol. The Bertz CT molecular complexity index is 409. The number of aromatic nitrogens is 1. The molecule has 100 valence electrons. The van der Waals surface area contributed by atoms with Crippen LogP contribution in [0.1, 0.15) is 23.0 Å². The Labute approximate surface area is 107 Å². The van der Waals surface area contributed by atoms with E-state index in [1.807, 2.05) is 13.8 Å². The highest BCUT2D eigenvalue weighted by molar-refractivity contribution is 5.94. The summed E-state index contributed by atoms with van der Waals surface area (Å²) in [6.07, 6.45) is 0. The lowest BCUT2D eigenvalue weighted by molar-refractivity contribution is 0.0934. The standard InChI is InChI=1S/C12H20N4O2/c1-8(7-18-3)6-14-12(17)10-4-9(2)15-11(5-10)16-13/h4-5,8H,6-7,13H2,1-3H3,(H,14,17)(H,15,16). The highest BCUT2D eigenvalue weighted by Gasteiger charge is 2.09. The molecule has 0 spiro atoms. The molecule has 1 aromatic rings. The quantitative estimate of drug-likeness (QED) is 0.512. The summed E-state index contributed by atoms with van der Waals surface area (Å²) in [5.41, 5.74) is 3.72. The van der Waals surface area contributed by atoms with E-state index in [1.165, 1.54) is 0 Å². The van der Waals surface area contributed by atoms with E-state index in [9.17, 15) is 4.79 Å². The van der Waals surface area contributed by atoms with Gasteiger partial charge in [0, 0.05) is 24.9 Å². The number of carbonyl (C=O) groups is 1. The molecule has 6 nitrogen and oxygen atoms in total. The van der Waals surface area contributed by atoms with Crippen molar-refractivity contribution in [3.8, 4) is 0 Å². The molecule has 1 rings (SSSR count). The Kier molecular flexibility index (Phi) is 5.54. The molecule has 0 fully saturated rings. The van der Waals surface area contributed by atoms with E-state index in [4.69, 9.17) is 10.6 Å². The van der Waals surface area contributed by atoms with Crippen molar-refractivity contribution in [1.29, 1.82) is 0 Å². The van der Waals surface area contributed by atoms with Crippen LogP contribution >= 0.6 is 0 Å². The number of nitrogen functional groups attached to an aromatic ring is 1. The molecule has 0 aromatic carbocycles. The number of carbonyl (C=O) groups excluding carboxylic acids is 1. The second-order valence-corrected chi connectivity index (χ2v) is 4.30. The van der Waals surface area contributed by atoms with Crippen LogP contribution in [-0.4, -0.2) is 31.2 Å². The van der Waals surface area contributed by atoms with Crippen molar-refractivity contribution >= 4 is 11.7 Å². The number of aryl methyl sites for hydroxylation is 1. The number of hydrogen-bond acceptors (Lipinski definition) is 5.